The molecule has 10 atom stereocenters. The van der Waals surface area contributed by atoms with Crippen LogP contribution in [0.1, 0.15) is 74.1 Å². The summed E-state index contributed by atoms with van der Waals surface area (Å²) in [5.74, 6) is -0.533. The van der Waals surface area contributed by atoms with Gasteiger partial charge >= 0.3 is 5.97 Å². The number of ether oxygens (including phenoxy) is 1. The highest BCUT2D eigenvalue weighted by molar-refractivity contribution is 6.74. The molecule has 6 nitrogen and oxygen atoms in total. The van der Waals surface area contributed by atoms with E-state index >= 15 is 0 Å². The molecule has 36 heavy (non-hydrogen) atoms. The summed E-state index contributed by atoms with van der Waals surface area (Å²) in [6.45, 7) is 20.4. The van der Waals surface area contributed by atoms with E-state index in [0.717, 1.165) is 19.3 Å². The molecule has 0 aromatic carbocycles. The molecule has 1 saturated carbocycles. The summed E-state index contributed by atoms with van der Waals surface area (Å²) in [6.07, 6.45) is 4.69. The van der Waals surface area contributed by atoms with Crippen LogP contribution in [0.15, 0.2) is 11.6 Å². The van der Waals surface area contributed by atoms with E-state index < -0.39 is 38.1 Å². The Morgan fingerprint density at radius 1 is 1.19 bits per heavy atom. The fraction of sp³-hybridized carbons (Fsp3) is 0.862. The quantitative estimate of drug-likeness (QED) is 0.318. The Kier molecular flexibility index (Phi) is 5.99. The molecule has 5 rings (SSSR count). The van der Waals surface area contributed by atoms with Crippen LogP contribution in [0, 0.1) is 40.9 Å². The number of hydrogen-bond donors (Lipinski definition) is 1. The van der Waals surface area contributed by atoms with Gasteiger partial charge in [0.15, 0.2) is 20.1 Å². The number of carbonyl (C=O) groups is 2. The van der Waals surface area contributed by atoms with Gasteiger partial charge in [0.1, 0.15) is 11.8 Å². The Hall–Kier alpha value is -1.18. The fourth-order valence-corrected chi connectivity index (χ4v) is 9.92. The molecule has 1 amide bonds. The molecule has 0 bridgehead atoms. The van der Waals surface area contributed by atoms with Crippen molar-refractivity contribution < 1.29 is 23.9 Å². The summed E-state index contributed by atoms with van der Waals surface area (Å²) >= 11 is 0. The van der Waals surface area contributed by atoms with E-state index in [4.69, 9.17) is 9.16 Å². The molecular weight excluding hydrogens is 470 g/mol. The molecule has 0 radical (unpaired) electrons. The lowest BCUT2D eigenvalue weighted by atomic mass is 9.52. The normalized spacial score (nSPS) is 45.3. The minimum Gasteiger partial charge on any atom is -0.456 e. The Bertz CT molecular complexity index is 987. The zero-order valence-corrected chi connectivity index (χ0v) is 24.8. The maximum atomic E-state index is 14.1. The predicted octanol–water partition coefficient (Wildman–Crippen LogP) is 5.12. The largest absolute Gasteiger partial charge is 0.456 e. The topological polar surface area (TPSA) is 76.1 Å². The van der Waals surface area contributed by atoms with Crippen LogP contribution >= 0.6 is 0 Å². The smallest absolute Gasteiger partial charge is 0.314 e. The van der Waals surface area contributed by atoms with Gasteiger partial charge in [-0.05, 0) is 73.4 Å². The van der Waals surface area contributed by atoms with Crippen molar-refractivity contribution in [1.29, 1.82) is 0 Å². The van der Waals surface area contributed by atoms with Crippen molar-refractivity contribution in [3.63, 3.8) is 0 Å². The second-order valence-corrected chi connectivity index (χ2v) is 19.3. The second-order valence-electron chi connectivity index (χ2n) is 14.6. The minimum atomic E-state index is -2.36. The maximum Gasteiger partial charge on any atom is 0.314 e. The lowest BCUT2D eigenvalue weighted by Crippen LogP contribution is -2.59. The number of carbonyl (C=O) groups excluding carboxylic acids is 2. The standard InChI is InChI=1S/C29H47NO5Si/c1-16-10-11-19-21(18(3)17(2)15-28(19,7)14-16)23(31)22-24-29(35-36(8,9)27(4,5)6)20(26(33)34-24)12-13-30(29)25(22)32/h15-16,18-24,31H,10-14H2,1-9H3/t16-,18+,19+,20+,21-,22-,23+,24+,28-,29-/m1/s1. The molecule has 3 heterocycles. The first-order valence-electron chi connectivity index (χ1n) is 14.1. The average Bonchev–Trinajstić information content (AvgIpc) is 3.31. The van der Waals surface area contributed by atoms with Gasteiger partial charge in [0.2, 0.25) is 5.91 Å². The molecule has 7 heteroatoms. The average molecular weight is 518 g/mol. The number of amides is 1. The zero-order valence-electron chi connectivity index (χ0n) is 23.8. The predicted molar refractivity (Wildman–Crippen MR) is 141 cm³/mol. The maximum absolute atomic E-state index is 14.1. The Morgan fingerprint density at radius 3 is 2.50 bits per heavy atom. The van der Waals surface area contributed by atoms with Gasteiger partial charge in [-0.1, -0.05) is 59.6 Å². The van der Waals surface area contributed by atoms with E-state index in [2.05, 4.69) is 67.6 Å². The van der Waals surface area contributed by atoms with Gasteiger partial charge in [-0.15, -0.1) is 0 Å². The highest BCUT2D eigenvalue weighted by Gasteiger charge is 2.76. The van der Waals surface area contributed by atoms with Crippen molar-refractivity contribution in [2.45, 2.75) is 110 Å². The summed E-state index contributed by atoms with van der Waals surface area (Å²) in [5.41, 5.74) is 0.240. The number of hydrogen-bond acceptors (Lipinski definition) is 5. The van der Waals surface area contributed by atoms with Crippen LogP contribution in [0.5, 0.6) is 0 Å². The van der Waals surface area contributed by atoms with Crippen molar-refractivity contribution in [2.75, 3.05) is 6.54 Å². The molecule has 0 aromatic rings. The van der Waals surface area contributed by atoms with Gasteiger partial charge in [-0.2, -0.15) is 0 Å². The molecule has 202 valence electrons. The highest BCUT2D eigenvalue weighted by atomic mass is 28.4. The number of nitrogens with zero attached hydrogens (tertiary/aromatic N) is 1. The molecule has 5 aliphatic rings. The van der Waals surface area contributed by atoms with E-state index in [0.29, 0.717) is 24.8 Å². The minimum absolute atomic E-state index is 0.0158. The lowest BCUT2D eigenvalue weighted by molar-refractivity contribution is -0.152. The molecular formula is C29H47NO5Si. The highest BCUT2D eigenvalue weighted by Crippen LogP contribution is 2.60. The summed E-state index contributed by atoms with van der Waals surface area (Å²) in [5, 5.41) is 12.1. The van der Waals surface area contributed by atoms with E-state index in [1.807, 2.05) is 0 Å². The third kappa shape index (κ3) is 3.47. The molecule has 0 unspecified atom stereocenters. The van der Waals surface area contributed by atoms with Gasteiger partial charge in [-0.3, -0.25) is 9.59 Å². The first-order valence-corrected chi connectivity index (χ1v) is 17.1. The van der Waals surface area contributed by atoms with Gasteiger partial charge in [0.25, 0.3) is 0 Å². The van der Waals surface area contributed by atoms with E-state index in [-0.39, 0.29) is 34.2 Å². The van der Waals surface area contributed by atoms with Crippen LogP contribution in [0.3, 0.4) is 0 Å². The molecule has 3 saturated heterocycles. The Labute approximate surface area is 218 Å². The van der Waals surface area contributed by atoms with E-state index in [1.165, 1.54) is 5.57 Å². The first kappa shape index (κ1) is 26.4. The molecule has 4 fully saturated rings. The summed E-state index contributed by atoms with van der Waals surface area (Å²) in [6, 6.07) is 0. The third-order valence-corrected chi connectivity index (χ3v) is 15.7. The van der Waals surface area contributed by atoms with Crippen molar-refractivity contribution in [3.05, 3.63) is 11.6 Å². The van der Waals surface area contributed by atoms with E-state index in [9.17, 15) is 14.7 Å². The zero-order chi connectivity index (χ0) is 26.6. The number of aliphatic hydroxyl groups is 1. The van der Waals surface area contributed by atoms with Crippen LogP contribution < -0.4 is 0 Å². The molecule has 0 spiro atoms. The van der Waals surface area contributed by atoms with Crippen LogP contribution in [-0.4, -0.2) is 54.7 Å². The van der Waals surface area contributed by atoms with Crippen molar-refractivity contribution in [2.24, 2.45) is 40.9 Å². The number of fused-ring (bicyclic) bond motifs is 1. The summed E-state index contributed by atoms with van der Waals surface area (Å²) in [4.78, 5) is 29.0. The first-order chi connectivity index (χ1) is 16.5. The summed E-state index contributed by atoms with van der Waals surface area (Å²) in [7, 11) is -2.36. The number of aliphatic hydroxyl groups excluding tert-OH is 1. The van der Waals surface area contributed by atoms with Crippen LogP contribution in [0.25, 0.3) is 0 Å². The van der Waals surface area contributed by atoms with Crippen LogP contribution in [-0.2, 0) is 18.8 Å². The monoisotopic (exact) mass is 517 g/mol. The molecule has 1 N–H and O–H groups in total. The van der Waals surface area contributed by atoms with E-state index in [1.54, 1.807) is 4.90 Å². The third-order valence-electron chi connectivity index (χ3n) is 11.3. The molecule has 3 aliphatic heterocycles. The van der Waals surface area contributed by atoms with Crippen molar-refractivity contribution >= 4 is 20.2 Å². The molecule has 0 aromatic heterocycles. The fourth-order valence-electron chi connectivity index (χ4n) is 8.42. The Balaban J connectivity index is 1.54. The molecule has 2 aliphatic carbocycles. The van der Waals surface area contributed by atoms with Gasteiger partial charge in [0, 0.05) is 6.54 Å². The van der Waals surface area contributed by atoms with Gasteiger partial charge < -0.3 is 19.2 Å². The summed E-state index contributed by atoms with van der Waals surface area (Å²) < 4.78 is 13.1. The Morgan fingerprint density at radius 2 is 1.86 bits per heavy atom. The number of allylic oxidation sites excluding steroid dienone is 2. The van der Waals surface area contributed by atoms with Crippen LogP contribution in [0.4, 0.5) is 0 Å². The second kappa shape index (κ2) is 8.16. The number of esters is 1. The van der Waals surface area contributed by atoms with Gasteiger partial charge in [-0.25, -0.2) is 0 Å². The lowest BCUT2D eigenvalue weighted by Gasteiger charge is -2.53. The van der Waals surface area contributed by atoms with Crippen molar-refractivity contribution in [3.8, 4) is 0 Å². The van der Waals surface area contributed by atoms with Gasteiger partial charge in [0.05, 0.1) is 6.10 Å². The van der Waals surface area contributed by atoms with Crippen molar-refractivity contribution in [1.82, 2.24) is 4.90 Å². The SMILES string of the molecule is CC1=C[C@@]2(C)C[C@H](C)CC[C@H]2[C@H]([C@H](O)[C@H]2C(=O)N3CC[C@H]4C(=O)O[C@@H]2[C@]43O[Si](C)(C)C(C)(C)C)[C@H]1C. The number of rotatable bonds is 4. The van der Waals surface area contributed by atoms with Crippen LogP contribution in [0.2, 0.25) is 18.1 Å².